The molecule has 2 rings (SSSR count). The van der Waals surface area contributed by atoms with Gasteiger partial charge in [-0.25, -0.2) is 4.79 Å². The van der Waals surface area contributed by atoms with Gasteiger partial charge in [-0.2, -0.15) is 0 Å². The van der Waals surface area contributed by atoms with Crippen LogP contribution in [0.5, 0.6) is 0 Å². The molecule has 1 atom stereocenters. The van der Waals surface area contributed by atoms with E-state index in [-0.39, 0.29) is 18.0 Å². The van der Waals surface area contributed by atoms with Gasteiger partial charge in [-0.15, -0.1) is 0 Å². The van der Waals surface area contributed by atoms with E-state index < -0.39 is 35.5 Å². The Bertz CT molecular complexity index is 797. The van der Waals surface area contributed by atoms with Gasteiger partial charge in [0.25, 0.3) is 11.8 Å². The van der Waals surface area contributed by atoms with Gasteiger partial charge in [0.1, 0.15) is 5.54 Å². The average Bonchev–Trinajstić information content (AvgIpc) is 2.76. The number of esters is 1. The van der Waals surface area contributed by atoms with Crippen molar-refractivity contribution in [1.29, 1.82) is 0 Å². The Morgan fingerprint density at radius 2 is 1.96 bits per heavy atom. The summed E-state index contributed by atoms with van der Waals surface area (Å²) in [7, 11) is 0. The molecule has 0 spiro atoms. The van der Waals surface area contributed by atoms with Crippen LogP contribution in [0.1, 0.15) is 27.2 Å². The smallest absolute Gasteiger partial charge is 0.325 e. The third kappa shape index (κ3) is 5.11. The molecule has 10 heteroatoms. The van der Waals surface area contributed by atoms with Gasteiger partial charge in [0.2, 0.25) is 0 Å². The predicted molar refractivity (Wildman–Crippen MR) is 99.6 cm³/mol. The SMILES string of the molecule is C[C@H](OC(=O)CCN1C(=O)NC(C)(C)C1=O)C(=O)Nc1cc(Cl)ccc1Cl. The molecule has 1 aliphatic heterocycles. The number of halogens is 2. The molecule has 1 fully saturated rings. The lowest BCUT2D eigenvalue weighted by molar-refractivity contribution is -0.153. The van der Waals surface area contributed by atoms with Crippen LogP contribution < -0.4 is 10.6 Å². The van der Waals surface area contributed by atoms with Crippen LogP contribution in [0, 0.1) is 0 Å². The van der Waals surface area contributed by atoms with Crippen molar-refractivity contribution in [1.82, 2.24) is 10.2 Å². The number of nitrogens with zero attached hydrogens (tertiary/aromatic N) is 1. The van der Waals surface area contributed by atoms with Crippen molar-refractivity contribution in [2.24, 2.45) is 0 Å². The largest absolute Gasteiger partial charge is 0.452 e. The van der Waals surface area contributed by atoms with Crippen molar-refractivity contribution in [3.63, 3.8) is 0 Å². The van der Waals surface area contributed by atoms with Crippen LogP contribution in [0.25, 0.3) is 0 Å². The van der Waals surface area contributed by atoms with Gasteiger partial charge in [0, 0.05) is 11.6 Å². The number of imide groups is 1. The maximum absolute atomic E-state index is 12.1. The predicted octanol–water partition coefficient (Wildman–Crippen LogP) is 2.58. The lowest BCUT2D eigenvalue weighted by atomic mass is 10.1. The number of hydrogen-bond donors (Lipinski definition) is 2. The first kappa shape index (κ1) is 21.0. The summed E-state index contributed by atoms with van der Waals surface area (Å²) in [6, 6.07) is 3.99. The highest BCUT2D eigenvalue weighted by Gasteiger charge is 2.44. The number of hydrogen-bond acceptors (Lipinski definition) is 5. The molecule has 0 aromatic heterocycles. The molecule has 0 radical (unpaired) electrons. The quantitative estimate of drug-likeness (QED) is 0.548. The van der Waals surface area contributed by atoms with Crippen molar-refractivity contribution < 1.29 is 23.9 Å². The summed E-state index contributed by atoms with van der Waals surface area (Å²) in [5.74, 6) is -1.74. The van der Waals surface area contributed by atoms with Crippen LogP contribution in [0.15, 0.2) is 18.2 Å². The Morgan fingerprint density at radius 1 is 1.30 bits per heavy atom. The summed E-state index contributed by atoms with van der Waals surface area (Å²) in [4.78, 5) is 48.8. The van der Waals surface area contributed by atoms with Crippen LogP contribution in [-0.2, 0) is 19.1 Å². The molecular weight excluding hydrogens is 397 g/mol. The summed E-state index contributed by atoms with van der Waals surface area (Å²) in [6.45, 7) is 4.39. The first-order chi connectivity index (χ1) is 12.5. The molecule has 1 aromatic rings. The molecule has 0 saturated carbocycles. The molecule has 27 heavy (non-hydrogen) atoms. The summed E-state index contributed by atoms with van der Waals surface area (Å²) >= 11 is 11.8. The van der Waals surface area contributed by atoms with Crippen molar-refractivity contribution in [2.75, 3.05) is 11.9 Å². The van der Waals surface area contributed by atoms with Gasteiger partial charge >= 0.3 is 12.0 Å². The Balaban J connectivity index is 1.86. The first-order valence-electron chi connectivity index (χ1n) is 8.11. The zero-order valence-electron chi connectivity index (χ0n) is 15.0. The third-order valence-corrected chi connectivity index (χ3v) is 4.41. The van der Waals surface area contributed by atoms with E-state index in [0.29, 0.717) is 10.7 Å². The number of anilines is 1. The number of amides is 4. The zero-order chi connectivity index (χ0) is 20.4. The lowest BCUT2D eigenvalue weighted by Gasteiger charge is -2.17. The number of urea groups is 1. The highest BCUT2D eigenvalue weighted by molar-refractivity contribution is 6.35. The number of carbonyl (C=O) groups excluding carboxylic acids is 4. The van der Waals surface area contributed by atoms with Gasteiger partial charge in [-0.1, -0.05) is 23.2 Å². The molecule has 4 amide bonds. The van der Waals surface area contributed by atoms with Crippen LogP contribution >= 0.6 is 23.2 Å². The summed E-state index contributed by atoms with van der Waals surface area (Å²) in [5, 5.41) is 5.70. The minimum absolute atomic E-state index is 0.138. The number of carbonyl (C=O) groups is 4. The number of benzene rings is 1. The normalized spacial score (nSPS) is 16.7. The minimum Gasteiger partial charge on any atom is -0.452 e. The van der Waals surface area contributed by atoms with Gasteiger partial charge in [0.15, 0.2) is 6.10 Å². The highest BCUT2D eigenvalue weighted by Crippen LogP contribution is 2.25. The second-order valence-electron chi connectivity index (χ2n) is 6.51. The molecule has 1 heterocycles. The van der Waals surface area contributed by atoms with Gasteiger partial charge in [-0.05, 0) is 39.0 Å². The number of nitrogens with one attached hydrogen (secondary N) is 2. The van der Waals surface area contributed by atoms with Crippen molar-refractivity contribution >= 4 is 52.7 Å². The Morgan fingerprint density at radius 3 is 2.56 bits per heavy atom. The fourth-order valence-electron chi connectivity index (χ4n) is 2.36. The Kier molecular flexibility index (Phi) is 6.33. The summed E-state index contributed by atoms with van der Waals surface area (Å²) in [5.41, 5.74) is -0.719. The maximum atomic E-state index is 12.1. The number of rotatable bonds is 6. The Labute approximate surface area is 166 Å². The van der Waals surface area contributed by atoms with Crippen LogP contribution in [0.4, 0.5) is 10.5 Å². The second kappa shape index (κ2) is 8.14. The second-order valence-corrected chi connectivity index (χ2v) is 7.35. The molecule has 0 aliphatic carbocycles. The molecule has 8 nitrogen and oxygen atoms in total. The van der Waals surface area contributed by atoms with Gasteiger partial charge in [0.05, 0.1) is 17.1 Å². The van der Waals surface area contributed by atoms with Crippen LogP contribution in [-0.4, -0.2) is 46.9 Å². The fraction of sp³-hybridized carbons (Fsp3) is 0.412. The highest BCUT2D eigenvalue weighted by atomic mass is 35.5. The number of ether oxygens (including phenoxy) is 1. The average molecular weight is 416 g/mol. The van der Waals surface area contributed by atoms with E-state index >= 15 is 0 Å². The van der Waals surface area contributed by atoms with Gasteiger partial charge in [-0.3, -0.25) is 19.3 Å². The maximum Gasteiger partial charge on any atom is 0.325 e. The molecule has 1 aromatic carbocycles. The molecule has 146 valence electrons. The van der Waals surface area contributed by atoms with E-state index in [9.17, 15) is 19.2 Å². The lowest BCUT2D eigenvalue weighted by Crippen LogP contribution is -2.40. The van der Waals surface area contributed by atoms with E-state index in [1.807, 2.05) is 0 Å². The zero-order valence-corrected chi connectivity index (χ0v) is 16.5. The molecular formula is C17H19Cl2N3O5. The van der Waals surface area contributed by atoms with Crippen molar-refractivity contribution in [2.45, 2.75) is 38.8 Å². The van der Waals surface area contributed by atoms with E-state index in [1.165, 1.54) is 19.1 Å². The van der Waals surface area contributed by atoms with E-state index in [1.54, 1.807) is 19.9 Å². The first-order valence-corrected chi connectivity index (χ1v) is 8.86. The van der Waals surface area contributed by atoms with E-state index in [2.05, 4.69) is 10.6 Å². The van der Waals surface area contributed by atoms with Crippen LogP contribution in [0.2, 0.25) is 10.0 Å². The van der Waals surface area contributed by atoms with Crippen molar-refractivity contribution in [3.8, 4) is 0 Å². The van der Waals surface area contributed by atoms with E-state index in [4.69, 9.17) is 27.9 Å². The molecule has 1 saturated heterocycles. The third-order valence-electron chi connectivity index (χ3n) is 3.85. The molecule has 1 aliphatic rings. The molecule has 0 unspecified atom stereocenters. The molecule has 0 bridgehead atoms. The van der Waals surface area contributed by atoms with E-state index in [0.717, 1.165) is 4.90 Å². The van der Waals surface area contributed by atoms with Gasteiger partial charge < -0.3 is 15.4 Å². The topological polar surface area (TPSA) is 105 Å². The fourth-order valence-corrected chi connectivity index (χ4v) is 2.70. The standard InChI is InChI=1S/C17H19Cl2N3O5/c1-9(14(24)20-12-8-10(18)4-5-11(12)19)27-13(23)6-7-22-15(25)17(2,3)21-16(22)26/h4-5,8-9H,6-7H2,1-3H3,(H,20,24)(H,21,26)/t9-/m0/s1. The minimum atomic E-state index is -1.10. The Hall–Kier alpha value is -2.32. The monoisotopic (exact) mass is 415 g/mol. The summed E-state index contributed by atoms with van der Waals surface area (Å²) in [6.07, 6.45) is -1.34. The summed E-state index contributed by atoms with van der Waals surface area (Å²) < 4.78 is 5.04. The van der Waals surface area contributed by atoms with Crippen LogP contribution in [0.3, 0.4) is 0 Å². The van der Waals surface area contributed by atoms with Crippen molar-refractivity contribution in [3.05, 3.63) is 28.2 Å². The molecule has 2 N–H and O–H groups in total.